The van der Waals surface area contributed by atoms with Gasteiger partial charge in [0.2, 0.25) is 0 Å². The molecular formula is C18H25BO4. The normalized spacial score (nSPS) is 23.6. The van der Waals surface area contributed by atoms with Gasteiger partial charge in [-0.2, -0.15) is 0 Å². The summed E-state index contributed by atoms with van der Waals surface area (Å²) in [5.41, 5.74) is 0.960. The third-order valence-electron chi connectivity index (χ3n) is 5.26. The van der Waals surface area contributed by atoms with E-state index in [0.29, 0.717) is 6.42 Å². The van der Waals surface area contributed by atoms with E-state index in [-0.39, 0.29) is 24.3 Å². The van der Waals surface area contributed by atoms with Gasteiger partial charge in [-0.1, -0.05) is 31.2 Å². The Morgan fingerprint density at radius 2 is 1.61 bits per heavy atom. The first-order valence-electron chi connectivity index (χ1n) is 8.37. The Labute approximate surface area is 138 Å². The lowest BCUT2D eigenvalue weighted by molar-refractivity contribution is -0.151. The van der Waals surface area contributed by atoms with E-state index in [1.807, 2.05) is 58.9 Å². The lowest BCUT2D eigenvalue weighted by Crippen LogP contribution is -2.41. The summed E-state index contributed by atoms with van der Waals surface area (Å²) in [5.74, 6) is -0.141. The summed E-state index contributed by atoms with van der Waals surface area (Å²) < 4.78 is 17.7. The highest BCUT2D eigenvalue weighted by Crippen LogP contribution is 2.49. The second-order valence-electron chi connectivity index (χ2n) is 7.53. The van der Waals surface area contributed by atoms with Crippen LogP contribution in [0, 0.1) is 0 Å². The first-order valence-corrected chi connectivity index (χ1v) is 8.37. The second kappa shape index (κ2) is 5.35. The largest absolute Gasteiger partial charge is 0.494 e. The summed E-state index contributed by atoms with van der Waals surface area (Å²) in [5, 5.41) is 0. The van der Waals surface area contributed by atoms with E-state index in [0.717, 1.165) is 23.9 Å². The molecule has 0 N–H and O–H groups in total. The number of rotatable bonds is 4. The van der Waals surface area contributed by atoms with Gasteiger partial charge in [-0.25, -0.2) is 0 Å². The molecule has 0 unspecified atom stereocenters. The van der Waals surface area contributed by atoms with Crippen LogP contribution >= 0.6 is 0 Å². The highest BCUT2D eigenvalue weighted by Gasteiger charge is 2.52. The second-order valence-corrected chi connectivity index (χ2v) is 7.53. The average Bonchev–Trinajstić information content (AvgIpc) is 3.22. The van der Waals surface area contributed by atoms with Crippen LogP contribution in [0.3, 0.4) is 0 Å². The Morgan fingerprint density at radius 1 is 1.09 bits per heavy atom. The maximum atomic E-state index is 11.6. The molecule has 0 radical (unpaired) electrons. The molecule has 0 spiro atoms. The Bertz CT molecular complexity index is 586. The quantitative estimate of drug-likeness (QED) is 0.633. The molecule has 1 aliphatic carbocycles. The van der Waals surface area contributed by atoms with Crippen LogP contribution in [0.4, 0.5) is 0 Å². The molecule has 124 valence electrons. The van der Waals surface area contributed by atoms with Gasteiger partial charge in [0.05, 0.1) is 11.2 Å². The maximum absolute atomic E-state index is 11.6. The van der Waals surface area contributed by atoms with Crippen LogP contribution in [0.2, 0.25) is 0 Å². The zero-order valence-electron chi connectivity index (χ0n) is 14.6. The van der Waals surface area contributed by atoms with E-state index in [9.17, 15) is 4.79 Å². The molecule has 5 heteroatoms. The standard InChI is InChI=1S/C18H25BO4/c1-6-15(20)21-18(11-12-18)13-7-9-14(10-8-13)19-22-16(2,3)17(4,5)23-19/h7-10H,6,11-12H2,1-5H3. The smallest absolute Gasteiger partial charge is 0.454 e. The predicted molar refractivity (Wildman–Crippen MR) is 89.5 cm³/mol. The Balaban J connectivity index is 1.75. The van der Waals surface area contributed by atoms with E-state index in [1.54, 1.807) is 0 Å². The number of carbonyl (C=O) groups is 1. The minimum Gasteiger partial charge on any atom is -0.454 e. The van der Waals surface area contributed by atoms with Crippen molar-refractivity contribution in [2.24, 2.45) is 0 Å². The van der Waals surface area contributed by atoms with Crippen molar-refractivity contribution in [3.05, 3.63) is 29.8 Å². The molecule has 23 heavy (non-hydrogen) atoms. The molecular weight excluding hydrogens is 291 g/mol. The fourth-order valence-corrected chi connectivity index (χ4v) is 2.78. The Hall–Kier alpha value is -1.33. The van der Waals surface area contributed by atoms with Crippen LogP contribution in [0.15, 0.2) is 24.3 Å². The zero-order chi connectivity index (χ0) is 16.9. The molecule has 2 fully saturated rings. The number of carbonyl (C=O) groups excluding carboxylic acids is 1. The summed E-state index contributed by atoms with van der Waals surface area (Å²) in [6.07, 6.45) is 2.21. The van der Waals surface area contributed by atoms with Crippen molar-refractivity contribution in [1.29, 1.82) is 0 Å². The van der Waals surface area contributed by atoms with Crippen molar-refractivity contribution in [3.63, 3.8) is 0 Å². The first kappa shape index (κ1) is 16.5. The molecule has 1 aliphatic heterocycles. The zero-order valence-corrected chi connectivity index (χ0v) is 14.6. The van der Waals surface area contributed by atoms with E-state index >= 15 is 0 Å². The highest BCUT2D eigenvalue weighted by molar-refractivity contribution is 6.62. The molecule has 1 aromatic rings. The van der Waals surface area contributed by atoms with Crippen molar-refractivity contribution in [2.75, 3.05) is 0 Å². The van der Waals surface area contributed by atoms with Gasteiger partial charge in [0.25, 0.3) is 0 Å². The lowest BCUT2D eigenvalue weighted by atomic mass is 9.78. The molecule has 1 saturated carbocycles. The van der Waals surface area contributed by atoms with Gasteiger partial charge in [-0.15, -0.1) is 0 Å². The topological polar surface area (TPSA) is 44.8 Å². The first-order chi connectivity index (χ1) is 10.7. The van der Waals surface area contributed by atoms with E-state index in [2.05, 4.69) is 0 Å². The van der Waals surface area contributed by atoms with Crippen LogP contribution in [-0.4, -0.2) is 24.3 Å². The van der Waals surface area contributed by atoms with Crippen molar-refractivity contribution >= 4 is 18.6 Å². The molecule has 1 aromatic carbocycles. The van der Waals surface area contributed by atoms with Crippen LogP contribution in [-0.2, 0) is 24.4 Å². The molecule has 2 aliphatic rings. The highest BCUT2D eigenvalue weighted by atomic mass is 16.7. The predicted octanol–water partition coefficient (Wildman–Crippen LogP) is 2.93. The van der Waals surface area contributed by atoms with Crippen LogP contribution in [0.1, 0.15) is 59.4 Å². The number of esters is 1. The van der Waals surface area contributed by atoms with E-state index in [1.165, 1.54) is 0 Å². The van der Waals surface area contributed by atoms with Gasteiger partial charge in [0.1, 0.15) is 5.60 Å². The molecule has 0 amide bonds. The molecule has 0 bridgehead atoms. The molecule has 3 rings (SSSR count). The number of benzene rings is 1. The van der Waals surface area contributed by atoms with Crippen LogP contribution in [0.5, 0.6) is 0 Å². The van der Waals surface area contributed by atoms with Crippen molar-refractivity contribution < 1.29 is 18.8 Å². The number of hydrogen-bond donors (Lipinski definition) is 0. The van der Waals surface area contributed by atoms with Gasteiger partial charge in [0, 0.05) is 6.42 Å². The third kappa shape index (κ3) is 2.92. The third-order valence-corrected chi connectivity index (χ3v) is 5.26. The fraction of sp³-hybridized carbons (Fsp3) is 0.611. The molecule has 1 saturated heterocycles. The van der Waals surface area contributed by atoms with Crippen molar-refractivity contribution in [2.45, 2.75) is 70.7 Å². The molecule has 4 nitrogen and oxygen atoms in total. The van der Waals surface area contributed by atoms with Gasteiger partial charge in [0.15, 0.2) is 0 Å². The Kier molecular flexibility index (Phi) is 3.85. The maximum Gasteiger partial charge on any atom is 0.494 e. The summed E-state index contributed by atoms with van der Waals surface area (Å²) in [4.78, 5) is 11.6. The number of ether oxygens (including phenoxy) is 1. The summed E-state index contributed by atoms with van der Waals surface area (Å²) in [6.45, 7) is 10.0. The molecule has 1 heterocycles. The van der Waals surface area contributed by atoms with E-state index < -0.39 is 5.60 Å². The SMILES string of the molecule is CCC(=O)OC1(c2ccc(B3OC(C)(C)C(C)(C)O3)cc2)CC1. The average molecular weight is 316 g/mol. The van der Waals surface area contributed by atoms with Gasteiger partial charge < -0.3 is 14.0 Å². The van der Waals surface area contributed by atoms with Crippen LogP contribution in [0.25, 0.3) is 0 Å². The Morgan fingerprint density at radius 3 is 2.04 bits per heavy atom. The monoisotopic (exact) mass is 316 g/mol. The summed E-state index contributed by atoms with van der Waals surface area (Å²) in [7, 11) is -0.359. The van der Waals surface area contributed by atoms with Gasteiger partial charge in [-0.3, -0.25) is 4.79 Å². The molecule has 0 aromatic heterocycles. The summed E-state index contributed by atoms with van der Waals surface area (Å²) in [6, 6.07) is 8.07. The van der Waals surface area contributed by atoms with Gasteiger partial charge in [-0.05, 0) is 51.6 Å². The van der Waals surface area contributed by atoms with Gasteiger partial charge >= 0.3 is 13.1 Å². The minimum atomic E-state index is -0.401. The summed E-state index contributed by atoms with van der Waals surface area (Å²) >= 11 is 0. The molecule has 0 atom stereocenters. The minimum absolute atomic E-state index is 0.141. The number of hydrogen-bond acceptors (Lipinski definition) is 4. The lowest BCUT2D eigenvalue weighted by Gasteiger charge is -2.32. The van der Waals surface area contributed by atoms with Crippen molar-refractivity contribution in [3.8, 4) is 0 Å². The van der Waals surface area contributed by atoms with Crippen molar-refractivity contribution in [1.82, 2.24) is 0 Å². The van der Waals surface area contributed by atoms with E-state index in [4.69, 9.17) is 14.0 Å². The fourth-order valence-electron chi connectivity index (χ4n) is 2.78. The van der Waals surface area contributed by atoms with Crippen LogP contribution < -0.4 is 5.46 Å².